The average Bonchev–Trinajstić information content (AvgIpc) is 2.45. The van der Waals surface area contributed by atoms with Crippen molar-refractivity contribution >= 4 is 6.03 Å². The molecule has 0 saturated heterocycles. The second kappa shape index (κ2) is 7.77. The minimum atomic E-state index is -0.355. The number of hydrogen-bond donors (Lipinski definition) is 3. The molecule has 1 aromatic carbocycles. The number of rotatable bonds is 7. The van der Waals surface area contributed by atoms with Crippen LogP contribution in [0.3, 0.4) is 0 Å². The molecule has 2 amide bonds. The number of aliphatic hydroxyl groups excluding tert-OH is 1. The maximum atomic E-state index is 13.1. The van der Waals surface area contributed by atoms with Crippen molar-refractivity contribution in [3.05, 3.63) is 35.6 Å². The highest BCUT2D eigenvalue weighted by Crippen LogP contribution is 2.43. The largest absolute Gasteiger partial charge is 0.393 e. The topological polar surface area (TPSA) is 61.4 Å². The molecule has 1 aliphatic carbocycles. The van der Waals surface area contributed by atoms with E-state index in [9.17, 15) is 14.3 Å². The number of hydrogen-bond acceptors (Lipinski definition) is 2. The molecule has 2 atom stereocenters. The molecular weight excluding hydrogens is 295 g/mol. The molecule has 1 aromatic rings. The van der Waals surface area contributed by atoms with E-state index in [0.717, 1.165) is 24.8 Å². The SMILES string of the molecule is CC(O)CC(C)CNC(=O)NCC1(c2ccc(F)cc2)CCC1. The maximum Gasteiger partial charge on any atom is 0.314 e. The van der Waals surface area contributed by atoms with Crippen LogP contribution in [-0.2, 0) is 5.41 Å². The van der Waals surface area contributed by atoms with Gasteiger partial charge in [-0.05, 0) is 49.8 Å². The van der Waals surface area contributed by atoms with E-state index in [-0.39, 0.29) is 29.3 Å². The summed E-state index contributed by atoms with van der Waals surface area (Å²) in [5.74, 6) is -0.00321. The monoisotopic (exact) mass is 322 g/mol. The van der Waals surface area contributed by atoms with Crippen molar-refractivity contribution in [1.82, 2.24) is 10.6 Å². The second-order valence-electron chi connectivity index (χ2n) is 6.89. The Kier molecular flexibility index (Phi) is 5.99. The molecule has 0 aliphatic heterocycles. The lowest BCUT2D eigenvalue weighted by atomic mass is 9.64. The average molecular weight is 322 g/mol. The van der Waals surface area contributed by atoms with Gasteiger partial charge in [-0.25, -0.2) is 9.18 Å². The van der Waals surface area contributed by atoms with Crippen LogP contribution in [0.5, 0.6) is 0 Å². The highest BCUT2D eigenvalue weighted by Gasteiger charge is 2.38. The summed E-state index contributed by atoms with van der Waals surface area (Å²) in [5.41, 5.74) is 1.03. The van der Waals surface area contributed by atoms with E-state index >= 15 is 0 Å². The summed E-state index contributed by atoms with van der Waals surface area (Å²) in [5, 5.41) is 15.1. The molecule has 0 bridgehead atoms. The molecule has 2 rings (SSSR count). The van der Waals surface area contributed by atoms with Gasteiger partial charge in [-0.15, -0.1) is 0 Å². The molecule has 0 aromatic heterocycles. The number of halogens is 1. The highest BCUT2D eigenvalue weighted by molar-refractivity contribution is 5.74. The number of carbonyl (C=O) groups is 1. The third-order valence-electron chi connectivity index (χ3n) is 4.71. The summed E-state index contributed by atoms with van der Waals surface area (Å²) >= 11 is 0. The lowest BCUT2D eigenvalue weighted by Gasteiger charge is -2.42. The zero-order valence-corrected chi connectivity index (χ0v) is 13.9. The Hall–Kier alpha value is -1.62. The molecule has 128 valence electrons. The van der Waals surface area contributed by atoms with E-state index in [1.165, 1.54) is 12.1 Å². The van der Waals surface area contributed by atoms with Crippen LogP contribution < -0.4 is 10.6 Å². The zero-order chi connectivity index (χ0) is 16.9. The first-order valence-corrected chi connectivity index (χ1v) is 8.37. The summed E-state index contributed by atoms with van der Waals surface area (Å²) in [6.45, 7) is 4.86. The van der Waals surface area contributed by atoms with Gasteiger partial charge in [0.25, 0.3) is 0 Å². The first-order valence-electron chi connectivity index (χ1n) is 8.37. The van der Waals surface area contributed by atoms with E-state index in [2.05, 4.69) is 10.6 Å². The van der Waals surface area contributed by atoms with E-state index in [1.54, 1.807) is 6.92 Å². The van der Waals surface area contributed by atoms with Gasteiger partial charge in [-0.3, -0.25) is 0 Å². The van der Waals surface area contributed by atoms with Crippen LogP contribution in [0.2, 0.25) is 0 Å². The molecule has 1 aliphatic rings. The number of aliphatic hydroxyl groups is 1. The van der Waals surface area contributed by atoms with Gasteiger partial charge in [-0.1, -0.05) is 25.5 Å². The molecule has 0 spiro atoms. The summed E-state index contributed by atoms with van der Waals surface area (Å²) in [4.78, 5) is 12.0. The Morgan fingerprint density at radius 2 is 1.91 bits per heavy atom. The molecular formula is C18H27FN2O2. The lowest BCUT2D eigenvalue weighted by Crippen LogP contribution is -2.48. The number of carbonyl (C=O) groups excluding carboxylic acids is 1. The fourth-order valence-electron chi connectivity index (χ4n) is 3.22. The van der Waals surface area contributed by atoms with Crippen LogP contribution in [0.4, 0.5) is 9.18 Å². The minimum Gasteiger partial charge on any atom is -0.393 e. The van der Waals surface area contributed by atoms with Crippen molar-refractivity contribution in [1.29, 1.82) is 0 Å². The van der Waals surface area contributed by atoms with E-state index in [4.69, 9.17) is 0 Å². The summed E-state index contributed by atoms with van der Waals surface area (Å²) in [6.07, 6.45) is 3.47. The van der Waals surface area contributed by atoms with Gasteiger partial charge in [-0.2, -0.15) is 0 Å². The van der Waals surface area contributed by atoms with Gasteiger partial charge in [0, 0.05) is 18.5 Å². The Balaban J connectivity index is 1.81. The van der Waals surface area contributed by atoms with Crippen molar-refractivity contribution in [2.45, 2.75) is 51.0 Å². The molecule has 4 nitrogen and oxygen atoms in total. The molecule has 3 N–H and O–H groups in total. The Morgan fingerprint density at radius 3 is 2.43 bits per heavy atom. The van der Waals surface area contributed by atoms with Crippen molar-refractivity contribution in [3.8, 4) is 0 Å². The first kappa shape index (κ1) is 17.7. The quantitative estimate of drug-likeness (QED) is 0.723. The van der Waals surface area contributed by atoms with Crippen molar-refractivity contribution in [3.63, 3.8) is 0 Å². The lowest BCUT2D eigenvalue weighted by molar-refractivity contribution is 0.163. The maximum absolute atomic E-state index is 13.1. The second-order valence-corrected chi connectivity index (χ2v) is 6.89. The molecule has 0 radical (unpaired) electrons. The molecule has 0 heterocycles. The van der Waals surface area contributed by atoms with Crippen molar-refractivity contribution in [2.24, 2.45) is 5.92 Å². The molecule has 1 saturated carbocycles. The fraction of sp³-hybridized carbons (Fsp3) is 0.611. The highest BCUT2D eigenvalue weighted by atomic mass is 19.1. The van der Waals surface area contributed by atoms with Crippen molar-refractivity contribution < 1.29 is 14.3 Å². The van der Waals surface area contributed by atoms with Gasteiger partial charge >= 0.3 is 6.03 Å². The van der Waals surface area contributed by atoms with Crippen LogP contribution in [0.15, 0.2) is 24.3 Å². The van der Waals surface area contributed by atoms with E-state index in [1.807, 2.05) is 19.1 Å². The van der Waals surface area contributed by atoms with Crippen LogP contribution in [0.25, 0.3) is 0 Å². The Labute approximate surface area is 137 Å². The number of benzene rings is 1. The first-order chi connectivity index (χ1) is 10.9. The smallest absolute Gasteiger partial charge is 0.314 e. The predicted octanol–water partition coefficient (Wildman–Crippen LogP) is 2.95. The summed E-state index contributed by atoms with van der Waals surface area (Å²) < 4.78 is 13.1. The van der Waals surface area contributed by atoms with Crippen LogP contribution in [-0.4, -0.2) is 30.3 Å². The van der Waals surface area contributed by atoms with Gasteiger partial charge in [0.05, 0.1) is 6.10 Å². The van der Waals surface area contributed by atoms with E-state index in [0.29, 0.717) is 19.5 Å². The normalized spacial score (nSPS) is 18.6. The molecule has 1 fully saturated rings. The number of nitrogens with one attached hydrogen (secondary N) is 2. The number of urea groups is 1. The van der Waals surface area contributed by atoms with Gasteiger partial charge in [0.1, 0.15) is 5.82 Å². The predicted molar refractivity (Wildman–Crippen MR) is 88.8 cm³/mol. The van der Waals surface area contributed by atoms with Gasteiger partial charge in [0.15, 0.2) is 0 Å². The summed E-state index contributed by atoms with van der Waals surface area (Å²) in [7, 11) is 0. The van der Waals surface area contributed by atoms with Crippen LogP contribution in [0, 0.1) is 11.7 Å². The fourth-order valence-corrected chi connectivity index (χ4v) is 3.22. The van der Waals surface area contributed by atoms with Crippen LogP contribution in [0.1, 0.15) is 45.1 Å². The van der Waals surface area contributed by atoms with Gasteiger partial charge < -0.3 is 15.7 Å². The van der Waals surface area contributed by atoms with Crippen molar-refractivity contribution in [2.75, 3.05) is 13.1 Å². The van der Waals surface area contributed by atoms with Gasteiger partial charge in [0.2, 0.25) is 0 Å². The van der Waals surface area contributed by atoms with Crippen LogP contribution >= 0.6 is 0 Å². The molecule has 2 unspecified atom stereocenters. The number of amides is 2. The Morgan fingerprint density at radius 1 is 1.26 bits per heavy atom. The molecule has 5 heteroatoms. The third kappa shape index (κ3) is 4.93. The Bertz CT molecular complexity index is 512. The standard InChI is InChI=1S/C18H27FN2O2/c1-13(10-14(2)22)11-20-17(23)21-12-18(8-3-9-18)15-4-6-16(19)7-5-15/h4-7,13-14,22H,3,8-12H2,1-2H3,(H2,20,21,23). The minimum absolute atomic E-state index is 0.0593. The van der Waals surface area contributed by atoms with E-state index < -0.39 is 0 Å². The summed E-state index contributed by atoms with van der Waals surface area (Å²) in [6, 6.07) is 6.41. The zero-order valence-electron chi connectivity index (χ0n) is 13.9. The molecule has 23 heavy (non-hydrogen) atoms. The third-order valence-corrected chi connectivity index (χ3v) is 4.71.